The van der Waals surface area contributed by atoms with Crippen molar-refractivity contribution in [3.8, 4) is 5.75 Å². The summed E-state index contributed by atoms with van der Waals surface area (Å²) in [5.74, 6) is -0.730. The van der Waals surface area contributed by atoms with Crippen molar-refractivity contribution in [2.45, 2.75) is 52.2 Å². The molecule has 2 N–H and O–H groups in total. The number of para-hydroxylation sites is 1. The van der Waals surface area contributed by atoms with Gasteiger partial charge in [0, 0.05) is 5.56 Å². The van der Waals surface area contributed by atoms with Crippen LogP contribution >= 0.6 is 0 Å². The summed E-state index contributed by atoms with van der Waals surface area (Å²) in [6, 6.07) is 5.17. The monoisotopic (exact) mass is 323 g/mol. The number of aromatic hydroxyl groups is 1. The van der Waals surface area contributed by atoms with Crippen LogP contribution in [0, 0.1) is 0 Å². The van der Waals surface area contributed by atoms with Crippen molar-refractivity contribution in [1.82, 2.24) is 5.32 Å². The molecule has 1 aromatic rings. The predicted octanol–water partition coefficient (Wildman–Crippen LogP) is 3.30. The van der Waals surface area contributed by atoms with Gasteiger partial charge >= 0.3 is 12.1 Å². The lowest BCUT2D eigenvalue weighted by Crippen LogP contribution is -2.38. The van der Waals surface area contributed by atoms with Crippen molar-refractivity contribution in [3.05, 3.63) is 29.8 Å². The van der Waals surface area contributed by atoms with Crippen molar-refractivity contribution in [1.29, 1.82) is 0 Å². The van der Waals surface area contributed by atoms with Gasteiger partial charge in [0.15, 0.2) is 6.04 Å². The number of carbonyl (C=O) groups is 2. The van der Waals surface area contributed by atoms with Crippen LogP contribution in [0.5, 0.6) is 5.75 Å². The number of rotatable bonds is 6. The normalized spacial score (nSPS) is 12.3. The van der Waals surface area contributed by atoms with E-state index in [1.165, 1.54) is 6.07 Å². The number of nitrogens with one attached hydrogen (secondary N) is 1. The first-order valence-electron chi connectivity index (χ1n) is 7.68. The Morgan fingerprint density at radius 1 is 1.26 bits per heavy atom. The van der Waals surface area contributed by atoms with Crippen LogP contribution in [0.15, 0.2) is 24.3 Å². The summed E-state index contributed by atoms with van der Waals surface area (Å²) in [6.07, 6.45) is 0.859. The third kappa shape index (κ3) is 6.59. The highest BCUT2D eigenvalue weighted by Gasteiger charge is 2.28. The molecule has 1 aromatic carbocycles. The first kappa shape index (κ1) is 18.8. The predicted molar refractivity (Wildman–Crippen MR) is 86.1 cm³/mol. The van der Waals surface area contributed by atoms with Crippen molar-refractivity contribution in [2.75, 3.05) is 6.61 Å². The van der Waals surface area contributed by atoms with Crippen molar-refractivity contribution in [2.24, 2.45) is 0 Å². The van der Waals surface area contributed by atoms with E-state index in [9.17, 15) is 14.7 Å². The van der Waals surface area contributed by atoms with Gasteiger partial charge in [-0.25, -0.2) is 9.59 Å². The average molecular weight is 323 g/mol. The molecule has 0 fully saturated rings. The smallest absolute Gasteiger partial charge is 0.408 e. The van der Waals surface area contributed by atoms with E-state index in [1.54, 1.807) is 39.0 Å². The number of unbranched alkanes of at least 4 members (excludes halogenated alkanes) is 1. The van der Waals surface area contributed by atoms with Crippen LogP contribution in [0.4, 0.5) is 4.79 Å². The minimum absolute atomic E-state index is 0.0963. The van der Waals surface area contributed by atoms with Crippen LogP contribution in [-0.4, -0.2) is 29.4 Å². The van der Waals surface area contributed by atoms with Crippen molar-refractivity contribution < 1.29 is 24.2 Å². The van der Waals surface area contributed by atoms with E-state index < -0.39 is 23.7 Å². The minimum atomic E-state index is -1.12. The summed E-state index contributed by atoms with van der Waals surface area (Å²) in [7, 11) is 0. The third-order valence-electron chi connectivity index (χ3n) is 2.89. The lowest BCUT2D eigenvalue weighted by Gasteiger charge is -2.23. The van der Waals surface area contributed by atoms with E-state index in [-0.39, 0.29) is 17.9 Å². The van der Waals surface area contributed by atoms with Gasteiger partial charge in [-0.15, -0.1) is 0 Å². The number of carbonyl (C=O) groups excluding carboxylic acids is 2. The Balaban J connectivity index is 2.91. The molecule has 0 aliphatic heterocycles. The van der Waals surface area contributed by atoms with Gasteiger partial charge in [0.05, 0.1) is 6.61 Å². The number of hydrogen-bond acceptors (Lipinski definition) is 5. The summed E-state index contributed by atoms with van der Waals surface area (Å²) in [5, 5.41) is 12.4. The molecule has 128 valence electrons. The number of hydrogen-bond donors (Lipinski definition) is 2. The Morgan fingerprint density at radius 3 is 2.48 bits per heavy atom. The molecule has 6 heteroatoms. The molecule has 1 rings (SSSR count). The largest absolute Gasteiger partial charge is 0.508 e. The summed E-state index contributed by atoms with van der Waals surface area (Å²) >= 11 is 0. The van der Waals surface area contributed by atoms with Gasteiger partial charge in [0.1, 0.15) is 11.4 Å². The number of phenols is 1. The molecule has 0 aromatic heterocycles. The maximum atomic E-state index is 12.3. The molecule has 1 atom stereocenters. The number of esters is 1. The van der Waals surface area contributed by atoms with E-state index in [4.69, 9.17) is 9.47 Å². The quantitative estimate of drug-likeness (QED) is 0.620. The molecule has 1 amide bonds. The Labute approximate surface area is 136 Å². The van der Waals surface area contributed by atoms with Gasteiger partial charge in [-0.05, 0) is 33.3 Å². The highest BCUT2D eigenvalue weighted by atomic mass is 16.6. The Bertz CT molecular complexity index is 536. The van der Waals surface area contributed by atoms with E-state index in [1.807, 2.05) is 6.92 Å². The second-order valence-electron chi connectivity index (χ2n) is 6.16. The molecule has 0 saturated carbocycles. The van der Waals surface area contributed by atoms with Gasteiger partial charge in [0.2, 0.25) is 0 Å². The van der Waals surface area contributed by atoms with Crippen molar-refractivity contribution >= 4 is 12.1 Å². The van der Waals surface area contributed by atoms with Gasteiger partial charge in [-0.2, -0.15) is 0 Å². The van der Waals surface area contributed by atoms with E-state index in [0.717, 1.165) is 12.8 Å². The van der Waals surface area contributed by atoms with Crippen LogP contribution in [-0.2, 0) is 14.3 Å². The molecule has 0 radical (unpaired) electrons. The molecule has 0 heterocycles. The lowest BCUT2D eigenvalue weighted by atomic mass is 10.1. The van der Waals surface area contributed by atoms with Gasteiger partial charge in [0.25, 0.3) is 0 Å². The summed E-state index contributed by atoms with van der Waals surface area (Å²) in [5.41, 5.74) is -0.431. The molecule has 6 nitrogen and oxygen atoms in total. The lowest BCUT2D eigenvalue weighted by molar-refractivity contribution is -0.146. The molecule has 0 saturated heterocycles. The summed E-state index contributed by atoms with van der Waals surface area (Å²) < 4.78 is 10.3. The molecule has 0 aliphatic carbocycles. The van der Waals surface area contributed by atoms with Gasteiger partial charge < -0.3 is 19.9 Å². The maximum absolute atomic E-state index is 12.3. The second kappa shape index (κ2) is 8.41. The Kier molecular flexibility index (Phi) is 6.88. The molecular weight excluding hydrogens is 298 g/mol. The van der Waals surface area contributed by atoms with Crippen LogP contribution in [0.25, 0.3) is 0 Å². The molecule has 1 unspecified atom stereocenters. The number of amides is 1. The topological polar surface area (TPSA) is 84.9 Å². The first-order valence-corrected chi connectivity index (χ1v) is 7.68. The Hall–Kier alpha value is -2.24. The number of benzene rings is 1. The van der Waals surface area contributed by atoms with Gasteiger partial charge in [-0.1, -0.05) is 31.5 Å². The van der Waals surface area contributed by atoms with Gasteiger partial charge in [-0.3, -0.25) is 0 Å². The highest BCUT2D eigenvalue weighted by molar-refractivity contribution is 5.83. The van der Waals surface area contributed by atoms with E-state index in [0.29, 0.717) is 0 Å². The van der Waals surface area contributed by atoms with Crippen LogP contribution in [0.2, 0.25) is 0 Å². The first-order chi connectivity index (χ1) is 10.7. The van der Waals surface area contributed by atoms with Crippen LogP contribution < -0.4 is 5.32 Å². The fourth-order valence-corrected chi connectivity index (χ4v) is 1.82. The fourth-order valence-electron chi connectivity index (χ4n) is 1.82. The zero-order valence-electron chi connectivity index (χ0n) is 14.1. The highest BCUT2D eigenvalue weighted by Crippen LogP contribution is 2.25. The SMILES string of the molecule is CCCCOC(=O)C(NC(=O)OC(C)(C)C)c1ccccc1O. The minimum Gasteiger partial charge on any atom is -0.508 e. The second-order valence-corrected chi connectivity index (χ2v) is 6.16. The van der Waals surface area contributed by atoms with Crippen LogP contribution in [0.1, 0.15) is 52.1 Å². The zero-order chi connectivity index (χ0) is 17.5. The van der Waals surface area contributed by atoms with E-state index >= 15 is 0 Å². The van der Waals surface area contributed by atoms with E-state index in [2.05, 4.69) is 5.32 Å². The maximum Gasteiger partial charge on any atom is 0.408 e. The third-order valence-corrected chi connectivity index (χ3v) is 2.89. The zero-order valence-corrected chi connectivity index (χ0v) is 14.1. The van der Waals surface area contributed by atoms with Crippen LogP contribution in [0.3, 0.4) is 0 Å². The molecular formula is C17H25NO5. The molecule has 0 spiro atoms. The molecule has 23 heavy (non-hydrogen) atoms. The average Bonchev–Trinajstić information content (AvgIpc) is 2.44. The Morgan fingerprint density at radius 2 is 1.91 bits per heavy atom. The molecule has 0 bridgehead atoms. The number of phenolic OH excluding ortho intramolecular Hbond substituents is 1. The summed E-state index contributed by atoms with van der Waals surface area (Å²) in [4.78, 5) is 24.2. The summed E-state index contributed by atoms with van der Waals surface area (Å²) in [6.45, 7) is 7.41. The standard InChI is InChI=1S/C17H25NO5/c1-5-6-11-22-15(20)14(12-9-7-8-10-13(12)19)18-16(21)23-17(2,3)4/h7-10,14,19H,5-6,11H2,1-4H3,(H,18,21). The number of ether oxygens (including phenoxy) is 2. The molecule has 0 aliphatic rings. The van der Waals surface area contributed by atoms with Crippen molar-refractivity contribution in [3.63, 3.8) is 0 Å². The number of alkyl carbamates (subject to hydrolysis) is 1. The fraction of sp³-hybridized carbons (Fsp3) is 0.529.